The van der Waals surface area contributed by atoms with Gasteiger partial charge in [-0.1, -0.05) is 23.8 Å². The van der Waals surface area contributed by atoms with E-state index in [-0.39, 0.29) is 11.1 Å². The van der Waals surface area contributed by atoms with Gasteiger partial charge < -0.3 is 10.4 Å². The molecule has 2 atom stereocenters. The van der Waals surface area contributed by atoms with Gasteiger partial charge >= 0.3 is 5.97 Å². The molecular formula is C13H13ClN2O3. The normalized spacial score (nSPS) is 21.9. The largest absolute Gasteiger partial charge is 0.481 e. The van der Waals surface area contributed by atoms with Crippen LogP contribution in [0.5, 0.6) is 0 Å². The van der Waals surface area contributed by atoms with Gasteiger partial charge in [0.05, 0.1) is 11.8 Å². The molecule has 0 fully saturated rings. The Morgan fingerprint density at radius 2 is 2.00 bits per heavy atom. The number of aromatic nitrogens is 1. The third kappa shape index (κ3) is 3.32. The molecule has 5 nitrogen and oxygen atoms in total. The molecule has 0 spiro atoms. The van der Waals surface area contributed by atoms with Gasteiger partial charge in [0.25, 0.3) is 0 Å². The maximum atomic E-state index is 12.1. The second-order valence-electron chi connectivity index (χ2n) is 4.35. The molecule has 1 aromatic rings. The Kier molecular flexibility index (Phi) is 4.16. The van der Waals surface area contributed by atoms with Gasteiger partial charge in [-0.2, -0.15) is 0 Å². The molecule has 2 rings (SSSR count). The van der Waals surface area contributed by atoms with Gasteiger partial charge in [-0.25, -0.2) is 4.98 Å². The Labute approximate surface area is 115 Å². The zero-order chi connectivity index (χ0) is 13.8. The summed E-state index contributed by atoms with van der Waals surface area (Å²) in [6.45, 7) is 0. The van der Waals surface area contributed by atoms with E-state index >= 15 is 0 Å². The number of hydrogen-bond donors (Lipinski definition) is 2. The molecule has 1 heterocycles. The first-order valence-electron chi connectivity index (χ1n) is 5.88. The first-order chi connectivity index (χ1) is 9.08. The number of aliphatic carboxylic acids is 1. The number of carbonyl (C=O) groups is 2. The van der Waals surface area contributed by atoms with Gasteiger partial charge in [0.15, 0.2) is 0 Å². The second-order valence-corrected chi connectivity index (χ2v) is 4.74. The van der Waals surface area contributed by atoms with Gasteiger partial charge in [0.1, 0.15) is 5.15 Å². The number of nitrogens with zero attached hydrogens (tertiary/aromatic N) is 1. The fourth-order valence-electron chi connectivity index (χ4n) is 2.09. The van der Waals surface area contributed by atoms with E-state index in [0.717, 1.165) is 0 Å². The molecule has 1 aliphatic carbocycles. The molecule has 100 valence electrons. The number of nitrogens with one attached hydrogen (secondary N) is 1. The van der Waals surface area contributed by atoms with Crippen LogP contribution in [0.2, 0.25) is 5.15 Å². The zero-order valence-corrected chi connectivity index (χ0v) is 10.8. The van der Waals surface area contributed by atoms with Crippen molar-refractivity contribution >= 4 is 29.2 Å². The lowest BCUT2D eigenvalue weighted by Crippen LogP contribution is -2.34. The number of anilines is 1. The van der Waals surface area contributed by atoms with Crippen molar-refractivity contribution < 1.29 is 14.7 Å². The van der Waals surface area contributed by atoms with E-state index in [4.69, 9.17) is 16.7 Å². The molecule has 0 saturated heterocycles. The molecule has 2 unspecified atom stereocenters. The quantitative estimate of drug-likeness (QED) is 0.658. The maximum Gasteiger partial charge on any atom is 0.307 e. The summed E-state index contributed by atoms with van der Waals surface area (Å²) in [5.41, 5.74) is 0.517. The van der Waals surface area contributed by atoms with Gasteiger partial charge in [0, 0.05) is 11.9 Å². The van der Waals surface area contributed by atoms with Crippen molar-refractivity contribution in [1.29, 1.82) is 0 Å². The average Bonchev–Trinajstić information content (AvgIpc) is 2.38. The number of carbonyl (C=O) groups excluding carboxylic acids is 1. The lowest BCUT2D eigenvalue weighted by atomic mass is 9.82. The predicted octanol–water partition coefficient (Wildman–Crippen LogP) is 2.34. The summed E-state index contributed by atoms with van der Waals surface area (Å²) in [4.78, 5) is 27.1. The number of amides is 1. The van der Waals surface area contributed by atoms with Crippen LogP contribution in [0, 0.1) is 11.8 Å². The fourth-order valence-corrected chi connectivity index (χ4v) is 2.27. The molecule has 1 aliphatic rings. The second kappa shape index (κ2) is 5.84. The summed E-state index contributed by atoms with van der Waals surface area (Å²) in [6.07, 6.45) is 5.93. The topological polar surface area (TPSA) is 79.3 Å². The molecule has 0 radical (unpaired) electrons. The first kappa shape index (κ1) is 13.5. The van der Waals surface area contributed by atoms with Gasteiger partial charge in [-0.15, -0.1) is 0 Å². The number of carboxylic acids is 1. The van der Waals surface area contributed by atoms with E-state index < -0.39 is 17.8 Å². The number of hydrogen-bond acceptors (Lipinski definition) is 3. The Balaban J connectivity index is 2.10. The zero-order valence-electron chi connectivity index (χ0n) is 10.0. The highest BCUT2D eigenvalue weighted by atomic mass is 35.5. The minimum Gasteiger partial charge on any atom is -0.481 e. The highest BCUT2D eigenvalue weighted by Crippen LogP contribution is 2.27. The Morgan fingerprint density at radius 3 is 2.63 bits per heavy atom. The predicted molar refractivity (Wildman–Crippen MR) is 70.9 cm³/mol. The third-order valence-electron chi connectivity index (χ3n) is 3.08. The molecule has 1 amide bonds. The smallest absolute Gasteiger partial charge is 0.307 e. The van der Waals surface area contributed by atoms with Crippen LogP contribution >= 0.6 is 11.6 Å². The lowest BCUT2D eigenvalue weighted by Gasteiger charge is -2.24. The summed E-state index contributed by atoms with van der Waals surface area (Å²) in [5.74, 6) is -2.49. The molecular weight excluding hydrogens is 268 g/mol. The van der Waals surface area contributed by atoms with Crippen LogP contribution < -0.4 is 5.32 Å². The fraction of sp³-hybridized carbons (Fsp3) is 0.308. The van der Waals surface area contributed by atoms with E-state index in [0.29, 0.717) is 18.5 Å². The van der Waals surface area contributed by atoms with E-state index in [1.165, 1.54) is 12.3 Å². The third-order valence-corrected chi connectivity index (χ3v) is 3.29. The number of carboxylic acid groups (broad SMARTS) is 1. The van der Waals surface area contributed by atoms with Crippen molar-refractivity contribution in [3.63, 3.8) is 0 Å². The molecule has 1 aromatic heterocycles. The lowest BCUT2D eigenvalue weighted by molar-refractivity contribution is -0.146. The molecule has 19 heavy (non-hydrogen) atoms. The molecule has 6 heteroatoms. The molecule has 0 bridgehead atoms. The van der Waals surface area contributed by atoms with Crippen LogP contribution in [0.3, 0.4) is 0 Å². The highest BCUT2D eigenvalue weighted by molar-refractivity contribution is 6.29. The summed E-state index contributed by atoms with van der Waals surface area (Å²) in [7, 11) is 0. The Morgan fingerprint density at radius 1 is 1.32 bits per heavy atom. The standard InChI is InChI=1S/C13H13ClN2O3/c14-11-7-8(5-6-15-11)16-12(17)9-3-1-2-4-10(9)13(18)19/h1-2,5-7,9-10H,3-4H2,(H,18,19)(H,15,16,17). The van der Waals surface area contributed by atoms with Crippen LogP contribution in [0.4, 0.5) is 5.69 Å². The number of pyridine rings is 1. The van der Waals surface area contributed by atoms with Crippen molar-refractivity contribution in [2.45, 2.75) is 12.8 Å². The van der Waals surface area contributed by atoms with Crippen molar-refractivity contribution in [2.75, 3.05) is 5.32 Å². The van der Waals surface area contributed by atoms with Crippen molar-refractivity contribution in [1.82, 2.24) is 4.98 Å². The van der Waals surface area contributed by atoms with Crippen LogP contribution in [0.1, 0.15) is 12.8 Å². The van der Waals surface area contributed by atoms with E-state index in [1.807, 2.05) is 6.08 Å². The molecule has 0 saturated carbocycles. The van der Waals surface area contributed by atoms with Crippen LogP contribution in [-0.4, -0.2) is 22.0 Å². The van der Waals surface area contributed by atoms with Crippen LogP contribution in [-0.2, 0) is 9.59 Å². The van der Waals surface area contributed by atoms with Gasteiger partial charge in [-0.05, 0) is 25.0 Å². The van der Waals surface area contributed by atoms with E-state index in [9.17, 15) is 9.59 Å². The van der Waals surface area contributed by atoms with Gasteiger partial charge in [0.2, 0.25) is 5.91 Å². The van der Waals surface area contributed by atoms with Crippen molar-refractivity contribution in [2.24, 2.45) is 11.8 Å². The minimum atomic E-state index is -0.947. The average molecular weight is 281 g/mol. The van der Waals surface area contributed by atoms with Crippen molar-refractivity contribution in [3.05, 3.63) is 35.6 Å². The molecule has 0 aliphatic heterocycles. The van der Waals surface area contributed by atoms with Crippen LogP contribution in [0.15, 0.2) is 30.5 Å². The number of rotatable bonds is 3. The van der Waals surface area contributed by atoms with E-state index in [2.05, 4.69) is 10.3 Å². The number of allylic oxidation sites excluding steroid dienone is 2. The first-order valence-corrected chi connectivity index (χ1v) is 6.26. The summed E-state index contributed by atoms with van der Waals surface area (Å²) >= 11 is 5.73. The molecule has 0 aromatic carbocycles. The Bertz CT molecular complexity index is 530. The Hall–Kier alpha value is -1.88. The molecule has 2 N–H and O–H groups in total. The summed E-state index contributed by atoms with van der Waals surface area (Å²) in [6, 6.07) is 3.13. The monoisotopic (exact) mass is 280 g/mol. The highest BCUT2D eigenvalue weighted by Gasteiger charge is 2.33. The number of halogens is 1. The van der Waals surface area contributed by atoms with Crippen LogP contribution in [0.25, 0.3) is 0 Å². The van der Waals surface area contributed by atoms with E-state index in [1.54, 1.807) is 12.1 Å². The minimum absolute atomic E-state index is 0.274. The summed E-state index contributed by atoms with van der Waals surface area (Å²) in [5, 5.41) is 12.1. The maximum absolute atomic E-state index is 12.1. The van der Waals surface area contributed by atoms with Crippen molar-refractivity contribution in [3.8, 4) is 0 Å². The SMILES string of the molecule is O=C(O)C1CC=CCC1C(=O)Nc1ccnc(Cl)c1. The van der Waals surface area contributed by atoms with Gasteiger partial charge in [-0.3, -0.25) is 9.59 Å². The summed E-state index contributed by atoms with van der Waals surface area (Å²) < 4.78 is 0.